The van der Waals surface area contributed by atoms with Gasteiger partial charge in [0.1, 0.15) is 11.6 Å². The first-order valence-electron chi connectivity index (χ1n) is 8.44. The van der Waals surface area contributed by atoms with Crippen molar-refractivity contribution in [2.75, 3.05) is 6.61 Å². The molecule has 0 saturated heterocycles. The van der Waals surface area contributed by atoms with E-state index in [9.17, 15) is 14.3 Å². The number of halogens is 1. The number of carbonyl (C=O) groups is 1. The first-order chi connectivity index (χ1) is 12.0. The smallest absolute Gasteiger partial charge is 0.220 e. The van der Waals surface area contributed by atoms with Crippen LogP contribution in [0.1, 0.15) is 37.5 Å². The maximum atomic E-state index is 12.9. The number of ether oxygens (including phenoxy) is 1. The second-order valence-corrected chi connectivity index (χ2v) is 5.93. The van der Waals surface area contributed by atoms with Crippen LogP contribution in [0.2, 0.25) is 0 Å². The van der Waals surface area contributed by atoms with Gasteiger partial charge in [0.2, 0.25) is 5.91 Å². The Bertz CT molecular complexity index is 670. The van der Waals surface area contributed by atoms with Gasteiger partial charge in [-0.25, -0.2) is 4.39 Å². The van der Waals surface area contributed by atoms with Crippen molar-refractivity contribution in [3.05, 3.63) is 65.5 Å². The maximum absolute atomic E-state index is 12.9. The molecule has 0 saturated carbocycles. The predicted octanol–water partition coefficient (Wildman–Crippen LogP) is 3.40. The van der Waals surface area contributed by atoms with Crippen molar-refractivity contribution in [3.8, 4) is 5.75 Å². The molecule has 0 bridgehead atoms. The Labute approximate surface area is 147 Å². The number of carbonyl (C=O) groups excluding carboxylic acids is 1. The molecule has 25 heavy (non-hydrogen) atoms. The summed E-state index contributed by atoms with van der Waals surface area (Å²) in [6.45, 7) is 4.28. The lowest BCUT2D eigenvalue weighted by Crippen LogP contribution is -2.37. The molecule has 0 fully saturated rings. The number of aryl methyl sites for hydroxylation is 1. The first-order valence-corrected chi connectivity index (χ1v) is 8.44. The molecule has 2 N–H and O–H groups in total. The number of benzene rings is 2. The highest BCUT2D eigenvalue weighted by Gasteiger charge is 2.18. The third kappa shape index (κ3) is 5.87. The van der Waals surface area contributed by atoms with Gasteiger partial charge in [-0.2, -0.15) is 0 Å². The normalized spacial score (nSPS) is 13.1. The highest BCUT2D eigenvalue weighted by atomic mass is 19.1. The molecule has 0 radical (unpaired) electrons. The molecule has 0 spiro atoms. The quantitative estimate of drug-likeness (QED) is 0.771. The molecule has 0 aliphatic heterocycles. The molecule has 2 rings (SSSR count). The minimum Gasteiger partial charge on any atom is -0.494 e. The fraction of sp³-hybridized carbons (Fsp3) is 0.350. The third-order valence-electron chi connectivity index (χ3n) is 3.95. The molecule has 0 aliphatic rings. The van der Waals surface area contributed by atoms with E-state index < -0.39 is 12.1 Å². The average Bonchev–Trinajstić information content (AvgIpc) is 2.61. The zero-order valence-corrected chi connectivity index (χ0v) is 14.5. The Morgan fingerprint density at radius 3 is 2.40 bits per heavy atom. The van der Waals surface area contributed by atoms with Crippen LogP contribution in [-0.4, -0.2) is 23.7 Å². The second kappa shape index (κ2) is 9.18. The van der Waals surface area contributed by atoms with Gasteiger partial charge in [-0.15, -0.1) is 0 Å². The van der Waals surface area contributed by atoms with Crippen molar-refractivity contribution in [2.24, 2.45) is 0 Å². The summed E-state index contributed by atoms with van der Waals surface area (Å²) in [5, 5.41) is 13.0. The Morgan fingerprint density at radius 1 is 1.16 bits per heavy atom. The largest absolute Gasteiger partial charge is 0.494 e. The topological polar surface area (TPSA) is 58.6 Å². The van der Waals surface area contributed by atoms with Crippen molar-refractivity contribution in [1.82, 2.24) is 5.32 Å². The van der Waals surface area contributed by atoms with Crippen LogP contribution < -0.4 is 10.1 Å². The van der Waals surface area contributed by atoms with Crippen molar-refractivity contribution in [1.29, 1.82) is 0 Å². The summed E-state index contributed by atoms with van der Waals surface area (Å²) >= 11 is 0. The van der Waals surface area contributed by atoms with Gasteiger partial charge in [0, 0.05) is 6.42 Å². The molecule has 2 atom stereocenters. The summed E-state index contributed by atoms with van der Waals surface area (Å²) in [7, 11) is 0. The molecule has 5 heteroatoms. The Kier molecular flexibility index (Phi) is 6.95. The van der Waals surface area contributed by atoms with Crippen molar-refractivity contribution < 1.29 is 19.0 Å². The molecular weight excluding hydrogens is 321 g/mol. The minimum atomic E-state index is -0.880. The van der Waals surface area contributed by atoms with Crippen molar-refractivity contribution in [3.63, 3.8) is 0 Å². The first kappa shape index (κ1) is 18.9. The molecule has 0 aromatic heterocycles. The second-order valence-electron chi connectivity index (χ2n) is 5.93. The van der Waals surface area contributed by atoms with E-state index in [0.717, 1.165) is 11.3 Å². The molecule has 2 aromatic carbocycles. The zero-order chi connectivity index (χ0) is 18.2. The number of aliphatic hydroxyl groups excluding tert-OH is 1. The number of aliphatic hydroxyl groups is 1. The van der Waals surface area contributed by atoms with E-state index in [1.807, 2.05) is 31.2 Å². The monoisotopic (exact) mass is 345 g/mol. The molecule has 0 heterocycles. The summed E-state index contributed by atoms with van der Waals surface area (Å²) in [5.74, 6) is 0.317. The third-order valence-corrected chi connectivity index (χ3v) is 3.95. The van der Waals surface area contributed by atoms with E-state index in [0.29, 0.717) is 25.0 Å². The van der Waals surface area contributed by atoms with Crippen LogP contribution >= 0.6 is 0 Å². The summed E-state index contributed by atoms with van der Waals surface area (Å²) in [4.78, 5) is 12.1. The fourth-order valence-electron chi connectivity index (χ4n) is 2.53. The molecule has 134 valence electrons. The van der Waals surface area contributed by atoms with Crippen LogP contribution in [0.25, 0.3) is 0 Å². The van der Waals surface area contributed by atoms with Gasteiger partial charge in [0.05, 0.1) is 18.8 Å². The number of rotatable bonds is 8. The fourth-order valence-corrected chi connectivity index (χ4v) is 2.53. The van der Waals surface area contributed by atoms with E-state index in [2.05, 4.69) is 5.32 Å². The molecule has 2 aromatic rings. The van der Waals surface area contributed by atoms with E-state index in [1.54, 1.807) is 6.92 Å². The summed E-state index contributed by atoms with van der Waals surface area (Å²) in [6.07, 6.45) is 0.0570. The van der Waals surface area contributed by atoms with E-state index >= 15 is 0 Å². The SMILES string of the molecule is CCOc1ccc(CCC(=O)NC(C)C(O)c2ccc(F)cc2)cc1. The van der Waals surface area contributed by atoms with Crippen molar-refractivity contribution in [2.45, 2.75) is 38.8 Å². The molecule has 2 unspecified atom stereocenters. The van der Waals surface area contributed by atoms with Crippen LogP contribution in [0.4, 0.5) is 4.39 Å². The standard InChI is InChI=1S/C20H24FNO3/c1-3-25-18-11-4-15(5-12-18)6-13-19(23)22-14(2)20(24)16-7-9-17(21)10-8-16/h4-5,7-12,14,20,24H,3,6,13H2,1-2H3,(H,22,23). The lowest BCUT2D eigenvalue weighted by atomic mass is 10.0. The van der Waals surface area contributed by atoms with E-state index in [-0.39, 0.29) is 11.7 Å². The molecule has 0 aliphatic carbocycles. The number of nitrogens with one attached hydrogen (secondary N) is 1. The molecule has 4 nitrogen and oxygen atoms in total. The van der Waals surface area contributed by atoms with Gasteiger partial charge in [-0.05, 0) is 55.7 Å². The van der Waals surface area contributed by atoms with Gasteiger partial charge < -0.3 is 15.2 Å². The lowest BCUT2D eigenvalue weighted by Gasteiger charge is -2.20. The summed E-state index contributed by atoms with van der Waals surface area (Å²) < 4.78 is 18.3. The van der Waals surface area contributed by atoms with Gasteiger partial charge in [-0.1, -0.05) is 24.3 Å². The minimum absolute atomic E-state index is 0.137. The van der Waals surface area contributed by atoms with Crippen LogP contribution in [0, 0.1) is 5.82 Å². The maximum Gasteiger partial charge on any atom is 0.220 e. The average molecular weight is 345 g/mol. The summed E-state index contributed by atoms with van der Waals surface area (Å²) in [6, 6.07) is 12.8. The molecule has 1 amide bonds. The van der Waals surface area contributed by atoms with Crippen molar-refractivity contribution >= 4 is 5.91 Å². The Morgan fingerprint density at radius 2 is 1.80 bits per heavy atom. The van der Waals surface area contributed by atoms with Crippen LogP contribution in [0.3, 0.4) is 0 Å². The zero-order valence-electron chi connectivity index (χ0n) is 14.5. The van der Waals surface area contributed by atoms with Gasteiger partial charge >= 0.3 is 0 Å². The van der Waals surface area contributed by atoms with E-state index in [1.165, 1.54) is 24.3 Å². The predicted molar refractivity (Wildman–Crippen MR) is 94.9 cm³/mol. The van der Waals surface area contributed by atoms with Crippen LogP contribution in [0.15, 0.2) is 48.5 Å². The summed E-state index contributed by atoms with van der Waals surface area (Å²) in [5.41, 5.74) is 1.62. The van der Waals surface area contributed by atoms with Gasteiger partial charge in [0.25, 0.3) is 0 Å². The van der Waals surface area contributed by atoms with Crippen LogP contribution in [0.5, 0.6) is 5.75 Å². The van der Waals surface area contributed by atoms with Gasteiger partial charge in [-0.3, -0.25) is 4.79 Å². The highest BCUT2D eigenvalue weighted by Crippen LogP contribution is 2.17. The molecular formula is C20H24FNO3. The highest BCUT2D eigenvalue weighted by molar-refractivity contribution is 5.76. The van der Waals surface area contributed by atoms with Gasteiger partial charge in [0.15, 0.2) is 0 Å². The number of hydrogen-bond donors (Lipinski definition) is 2. The number of amides is 1. The van der Waals surface area contributed by atoms with E-state index in [4.69, 9.17) is 4.74 Å². The Hall–Kier alpha value is -2.40. The van der Waals surface area contributed by atoms with Crippen LogP contribution in [-0.2, 0) is 11.2 Å². The lowest BCUT2D eigenvalue weighted by molar-refractivity contribution is -0.122. The Balaban J connectivity index is 1.81. The number of hydrogen-bond acceptors (Lipinski definition) is 3.